The Bertz CT molecular complexity index is 992. The standard InChI is InChI=1S/C27H31ClN2O2/c28-22-10-6-9-21(17-22)27(11-4-5-12-27)25(32)30-15-13-26(14-16-30)18-24(31)29-19-23(26)20-7-2-1-3-8-20/h1-3,6-10,17,23H,4-5,11-16,18-19H2,(H,29,31)/t23-/m0/s1. The SMILES string of the molecule is O=C1CC2(CCN(C(=O)C3(c4cccc(Cl)c4)CCCC3)CC2)[C@H](c2ccccc2)CN1. The second-order valence-corrected chi connectivity index (χ2v) is 10.3. The van der Waals surface area contributed by atoms with E-state index in [1.54, 1.807) is 0 Å². The summed E-state index contributed by atoms with van der Waals surface area (Å²) in [4.78, 5) is 28.4. The van der Waals surface area contributed by atoms with Gasteiger partial charge in [-0.05, 0) is 54.4 Å². The number of halogens is 1. The van der Waals surface area contributed by atoms with Gasteiger partial charge in [-0.15, -0.1) is 0 Å². The molecule has 3 aliphatic rings. The molecule has 32 heavy (non-hydrogen) atoms. The van der Waals surface area contributed by atoms with Gasteiger partial charge in [0.1, 0.15) is 0 Å². The molecule has 2 aliphatic heterocycles. The summed E-state index contributed by atoms with van der Waals surface area (Å²) in [7, 11) is 0. The molecule has 4 nitrogen and oxygen atoms in total. The molecule has 3 fully saturated rings. The number of piperidine rings is 2. The zero-order valence-electron chi connectivity index (χ0n) is 18.5. The van der Waals surface area contributed by atoms with E-state index in [0.717, 1.165) is 57.2 Å². The molecular weight excluding hydrogens is 420 g/mol. The Morgan fingerprint density at radius 1 is 0.969 bits per heavy atom. The van der Waals surface area contributed by atoms with Crippen LogP contribution in [0.15, 0.2) is 54.6 Å². The third kappa shape index (κ3) is 3.73. The second-order valence-electron chi connectivity index (χ2n) is 9.90. The molecule has 0 unspecified atom stereocenters. The van der Waals surface area contributed by atoms with Gasteiger partial charge >= 0.3 is 0 Å². The molecule has 2 saturated heterocycles. The van der Waals surface area contributed by atoms with Crippen LogP contribution in [0.3, 0.4) is 0 Å². The van der Waals surface area contributed by atoms with Gasteiger partial charge in [-0.1, -0.05) is 66.9 Å². The van der Waals surface area contributed by atoms with Crippen LogP contribution < -0.4 is 5.32 Å². The first-order valence-electron chi connectivity index (χ1n) is 11.9. The average molecular weight is 451 g/mol. The number of hydrogen-bond donors (Lipinski definition) is 1. The highest BCUT2D eigenvalue weighted by atomic mass is 35.5. The summed E-state index contributed by atoms with van der Waals surface area (Å²) in [5.41, 5.74) is 1.84. The number of hydrogen-bond acceptors (Lipinski definition) is 2. The number of likely N-dealkylation sites (tertiary alicyclic amines) is 1. The van der Waals surface area contributed by atoms with Crippen molar-refractivity contribution in [3.8, 4) is 0 Å². The minimum absolute atomic E-state index is 0.0701. The number of rotatable bonds is 3. The first-order chi connectivity index (χ1) is 15.5. The monoisotopic (exact) mass is 450 g/mol. The molecule has 5 heteroatoms. The highest BCUT2D eigenvalue weighted by Gasteiger charge is 2.50. The average Bonchev–Trinajstić information content (AvgIpc) is 3.31. The molecule has 1 N–H and O–H groups in total. The summed E-state index contributed by atoms with van der Waals surface area (Å²) in [6, 6.07) is 18.4. The van der Waals surface area contributed by atoms with Crippen LogP contribution in [0.4, 0.5) is 0 Å². The highest BCUT2D eigenvalue weighted by Crippen LogP contribution is 2.50. The lowest BCUT2D eigenvalue weighted by molar-refractivity contribution is -0.141. The van der Waals surface area contributed by atoms with Crippen LogP contribution in [0.25, 0.3) is 0 Å². The molecule has 2 aromatic carbocycles. The number of nitrogens with one attached hydrogen (secondary N) is 1. The summed E-state index contributed by atoms with van der Waals surface area (Å²) in [6.07, 6.45) is 6.23. The van der Waals surface area contributed by atoms with E-state index in [1.807, 2.05) is 24.3 Å². The molecule has 0 radical (unpaired) electrons. The first-order valence-corrected chi connectivity index (χ1v) is 12.3. The van der Waals surface area contributed by atoms with Crippen LogP contribution in [0.1, 0.15) is 62.0 Å². The van der Waals surface area contributed by atoms with E-state index in [-0.39, 0.29) is 17.2 Å². The van der Waals surface area contributed by atoms with E-state index in [1.165, 1.54) is 5.56 Å². The highest BCUT2D eigenvalue weighted by molar-refractivity contribution is 6.30. The van der Waals surface area contributed by atoms with E-state index in [9.17, 15) is 9.59 Å². The van der Waals surface area contributed by atoms with Crippen LogP contribution in [0.5, 0.6) is 0 Å². The van der Waals surface area contributed by atoms with Crippen molar-refractivity contribution in [2.45, 2.75) is 56.3 Å². The van der Waals surface area contributed by atoms with Gasteiger partial charge < -0.3 is 10.2 Å². The Labute approximate surface area is 195 Å². The fourth-order valence-corrected chi connectivity index (χ4v) is 6.66. The lowest BCUT2D eigenvalue weighted by atomic mass is 9.62. The van der Waals surface area contributed by atoms with Crippen molar-refractivity contribution < 1.29 is 9.59 Å². The van der Waals surface area contributed by atoms with Crippen LogP contribution in [0.2, 0.25) is 5.02 Å². The zero-order valence-corrected chi connectivity index (χ0v) is 19.2. The Morgan fingerprint density at radius 3 is 2.38 bits per heavy atom. The minimum Gasteiger partial charge on any atom is -0.355 e. The van der Waals surface area contributed by atoms with Gasteiger partial charge in [0.15, 0.2) is 0 Å². The van der Waals surface area contributed by atoms with Gasteiger partial charge in [-0.3, -0.25) is 9.59 Å². The minimum atomic E-state index is -0.446. The van der Waals surface area contributed by atoms with E-state index in [0.29, 0.717) is 23.9 Å². The van der Waals surface area contributed by atoms with Gasteiger partial charge in [0.05, 0.1) is 5.41 Å². The van der Waals surface area contributed by atoms with Crippen molar-refractivity contribution in [2.75, 3.05) is 19.6 Å². The van der Waals surface area contributed by atoms with Crippen molar-refractivity contribution >= 4 is 23.4 Å². The Balaban J connectivity index is 1.38. The van der Waals surface area contributed by atoms with Crippen LogP contribution in [-0.2, 0) is 15.0 Å². The summed E-state index contributed by atoms with van der Waals surface area (Å²) in [5, 5.41) is 3.77. The predicted molar refractivity (Wildman–Crippen MR) is 127 cm³/mol. The molecule has 0 aromatic heterocycles. The van der Waals surface area contributed by atoms with E-state index >= 15 is 0 Å². The van der Waals surface area contributed by atoms with Gasteiger partial charge in [0.2, 0.25) is 11.8 Å². The molecule has 1 atom stereocenters. The number of amides is 2. The van der Waals surface area contributed by atoms with Crippen molar-refractivity contribution in [1.82, 2.24) is 10.2 Å². The third-order valence-corrected chi connectivity index (χ3v) is 8.48. The fraction of sp³-hybridized carbons (Fsp3) is 0.481. The normalized spacial score (nSPS) is 24.3. The molecule has 5 rings (SSSR count). The molecule has 1 saturated carbocycles. The summed E-state index contributed by atoms with van der Waals surface area (Å²) < 4.78 is 0. The third-order valence-electron chi connectivity index (χ3n) is 8.25. The summed E-state index contributed by atoms with van der Waals surface area (Å²) in [6.45, 7) is 2.12. The van der Waals surface area contributed by atoms with E-state index in [2.05, 4.69) is 40.5 Å². The van der Waals surface area contributed by atoms with Crippen molar-refractivity contribution in [2.24, 2.45) is 5.41 Å². The van der Waals surface area contributed by atoms with Crippen molar-refractivity contribution in [1.29, 1.82) is 0 Å². The van der Waals surface area contributed by atoms with Crippen molar-refractivity contribution in [3.63, 3.8) is 0 Å². The zero-order chi connectivity index (χ0) is 22.2. The number of nitrogens with zero attached hydrogens (tertiary/aromatic N) is 1. The molecule has 0 bridgehead atoms. The maximum Gasteiger partial charge on any atom is 0.233 e. The maximum atomic E-state index is 13.9. The van der Waals surface area contributed by atoms with Gasteiger partial charge in [0, 0.05) is 37.0 Å². The lowest BCUT2D eigenvalue weighted by Gasteiger charge is -2.50. The molecule has 168 valence electrons. The molecule has 2 aromatic rings. The van der Waals surface area contributed by atoms with Crippen LogP contribution >= 0.6 is 11.6 Å². The second kappa shape index (κ2) is 8.55. The first kappa shape index (κ1) is 21.5. The quantitative estimate of drug-likeness (QED) is 0.710. The summed E-state index contributed by atoms with van der Waals surface area (Å²) in [5.74, 6) is 0.693. The van der Waals surface area contributed by atoms with E-state index < -0.39 is 5.41 Å². The molecule has 1 spiro atoms. The maximum absolute atomic E-state index is 13.9. The Kier molecular flexibility index (Phi) is 5.75. The van der Waals surface area contributed by atoms with Gasteiger partial charge in [-0.2, -0.15) is 0 Å². The molecule has 2 amide bonds. The summed E-state index contributed by atoms with van der Waals surface area (Å²) >= 11 is 6.30. The van der Waals surface area contributed by atoms with Crippen molar-refractivity contribution in [3.05, 3.63) is 70.7 Å². The molecule has 1 aliphatic carbocycles. The van der Waals surface area contributed by atoms with Gasteiger partial charge in [0.25, 0.3) is 0 Å². The molecular formula is C27H31ClN2O2. The number of carbonyl (C=O) groups excluding carboxylic acids is 2. The van der Waals surface area contributed by atoms with Crippen LogP contribution in [0, 0.1) is 5.41 Å². The fourth-order valence-electron chi connectivity index (χ4n) is 6.47. The van der Waals surface area contributed by atoms with Gasteiger partial charge in [-0.25, -0.2) is 0 Å². The van der Waals surface area contributed by atoms with Crippen LogP contribution in [-0.4, -0.2) is 36.3 Å². The predicted octanol–water partition coefficient (Wildman–Crippen LogP) is 5.06. The largest absolute Gasteiger partial charge is 0.355 e. The Hall–Kier alpha value is -2.33. The molecule has 2 heterocycles. The topological polar surface area (TPSA) is 49.4 Å². The lowest BCUT2D eigenvalue weighted by Crippen LogP contribution is -2.55. The number of carbonyl (C=O) groups is 2. The Morgan fingerprint density at radius 2 is 1.69 bits per heavy atom. The van der Waals surface area contributed by atoms with E-state index in [4.69, 9.17) is 11.6 Å². The smallest absolute Gasteiger partial charge is 0.233 e. The number of benzene rings is 2.